The van der Waals surface area contributed by atoms with Gasteiger partial charge < -0.3 is 9.72 Å². The van der Waals surface area contributed by atoms with Crippen molar-refractivity contribution in [3.8, 4) is 0 Å². The van der Waals surface area contributed by atoms with Crippen LogP contribution in [0.5, 0.6) is 0 Å². The molecule has 2 heterocycles. The SMILES string of the molecule is CCOC(=O)Cn1nnnc1CN(Cc1cc2cc(C)ccc2[nH]c1=O)C1CCCC1. The number of pyridine rings is 1. The van der Waals surface area contributed by atoms with Crippen LogP contribution in [0.3, 0.4) is 0 Å². The summed E-state index contributed by atoms with van der Waals surface area (Å²) < 4.78 is 6.50. The van der Waals surface area contributed by atoms with Gasteiger partial charge in [0.2, 0.25) is 0 Å². The number of fused-ring (bicyclic) bond motifs is 1. The number of carbonyl (C=O) groups is 1. The lowest BCUT2D eigenvalue weighted by molar-refractivity contribution is -0.144. The molecule has 9 heteroatoms. The third kappa shape index (κ3) is 4.99. The van der Waals surface area contributed by atoms with Crippen molar-refractivity contribution in [1.82, 2.24) is 30.1 Å². The smallest absolute Gasteiger partial charge is 0.327 e. The molecule has 1 aromatic carbocycles. The molecule has 0 radical (unpaired) electrons. The lowest BCUT2D eigenvalue weighted by Crippen LogP contribution is -2.35. The fourth-order valence-corrected chi connectivity index (χ4v) is 4.26. The highest BCUT2D eigenvalue weighted by Gasteiger charge is 2.26. The summed E-state index contributed by atoms with van der Waals surface area (Å²) >= 11 is 0. The molecule has 2 aromatic heterocycles. The topological polar surface area (TPSA) is 106 Å². The van der Waals surface area contributed by atoms with Crippen LogP contribution < -0.4 is 5.56 Å². The highest BCUT2D eigenvalue weighted by atomic mass is 16.5. The Kier molecular flexibility index (Phi) is 6.41. The van der Waals surface area contributed by atoms with Crippen LogP contribution in [0.1, 0.15) is 49.6 Å². The number of aryl methyl sites for hydroxylation is 1. The van der Waals surface area contributed by atoms with Gasteiger partial charge in [0, 0.05) is 23.7 Å². The summed E-state index contributed by atoms with van der Waals surface area (Å²) in [5.41, 5.74) is 2.63. The van der Waals surface area contributed by atoms with E-state index in [-0.39, 0.29) is 18.1 Å². The van der Waals surface area contributed by atoms with Crippen LogP contribution >= 0.6 is 0 Å². The molecule has 1 aliphatic rings. The van der Waals surface area contributed by atoms with Gasteiger partial charge in [0.05, 0.1) is 13.2 Å². The summed E-state index contributed by atoms with van der Waals surface area (Å²) in [5, 5.41) is 12.9. The van der Waals surface area contributed by atoms with Crippen LogP contribution in [-0.4, -0.2) is 48.7 Å². The molecule has 9 nitrogen and oxygen atoms in total. The molecule has 0 saturated heterocycles. The van der Waals surface area contributed by atoms with Gasteiger partial charge >= 0.3 is 5.97 Å². The van der Waals surface area contributed by atoms with Crippen molar-refractivity contribution in [3.63, 3.8) is 0 Å². The number of esters is 1. The fraction of sp³-hybridized carbons (Fsp3) is 0.500. The Morgan fingerprint density at radius 2 is 2.06 bits per heavy atom. The highest BCUT2D eigenvalue weighted by molar-refractivity contribution is 5.79. The van der Waals surface area contributed by atoms with E-state index in [0.717, 1.165) is 34.9 Å². The van der Waals surface area contributed by atoms with E-state index in [1.807, 2.05) is 25.1 Å². The number of nitrogens with zero attached hydrogens (tertiary/aromatic N) is 5. The van der Waals surface area contributed by atoms with Gasteiger partial charge in [-0.3, -0.25) is 14.5 Å². The quantitative estimate of drug-likeness (QED) is 0.553. The first-order valence-electron chi connectivity index (χ1n) is 10.8. The molecule has 4 rings (SSSR count). The molecule has 1 N–H and O–H groups in total. The molecule has 0 amide bonds. The highest BCUT2D eigenvalue weighted by Crippen LogP contribution is 2.26. The Bertz CT molecular complexity index is 1120. The molecule has 1 aliphatic carbocycles. The molecular formula is C22H28N6O3. The molecule has 0 unspecified atom stereocenters. The second-order valence-electron chi connectivity index (χ2n) is 8.12. The molecular weight excluding hydrogens is 396 g/mol. The number of aromatic nitrogens is 5. The summed E-state index contributed by atoms with van der Waals surface area (Å²) in [6, 6.07) is 8.33. The third-order valence-corrected chi connectivity index (χ3v) is 5.83. The first-order chi connectivity index (χ1) is 15.0. The van der Waals surface area contributed by atoms with E-state index in [4.69, 9.17) is 4.74 Å². The predicted molar refractivity (Wildman–Crippen MR) is 115 cm³/mol. The van der Waals surface area contributed by atoms with Gasteiger partial charge in [-0.2, -0.15) is 0 Å². The molecule has 0 bridgehead atoms. The Balaban J connectivity index is 1.59. The average molecular weight is 425 g/mol. The van der Waals surface area contributed by atoms with E-state index in [2.05, 4.69) is 31.5 Å². The summed E-state index contributed by atoms with van der Waals surface area (Å²) in [4.78, 5) is 29.9. The second-order valence-corrected chi connectivity index (χ2v) is 8.12. The van der Waals surface area contributed by atoms with Crippen molar-refractivity contribution in [1.29, 1.82) is 0 Å². The lowest BCUT2D eigenvalue weighted by atomic mass is 10.1. The Morgan fingerprint density at radius 1 is 1.26 bits per heavy atom. The van der Waals surface area contributed by atoms with Crippen molar-refractivity contribution in [2.45, 2.75) is 65.2 Å². The molecule has 164 valence electrons. The lowest BCUT2D eigenvalue weighted by Gasteiger charge is -2.28. The maximum atomic E-state index is 12.8. The number of nitrogens with one attached hydrogen (secondary N) is 1. The minimum absolute atomic E-state index is 0.0233. The summed E-state index contributed by atoms with van der Waals surface area (Å²) in [6.07, 6.45) is 4.48. The number of tetrazole rings is 1. The van der Waals surface area contributed by atoms with Crippen LogP contribution in [0.4, 0.5) is 0 Å². The molecule has 1 fully saturated rings. The molecule has 3 aromatic rings. The van der Waals surface area contributed by atoms with Gasteiger partial charge in [0.1, 0.15) is 6.54 Å². The van der Waals surface area contributed by atoms with Crippen molar-refractivity contribution in [2.75, 3.05) is 6.61 Å². The summed E-state index contributed by atoms with van der Waals surface area (Å²) in [7, 11) is 0. The number of carbonyl (C=O) groups excluding carboxylic acids is 1. The van der Waals surface area contributed by atoms with Crippen LogP contribution in [-0.2, 0) is 29.2 Å². The van der Waals surface area contributed by atoms with Crippen LogP contribution in [0.2, 0.25) is 0 Å². The number of rotatable bonds is 8. The maximum Gasteiger partial charge on any atom is 0.327 e. The average Bonchev–Trinajstić information content (AvgIpc) is 3.41. The normalized spacial score (nSPS) is 14.5. The number of hydrogen-bond acceptors (Lipinski definition) is 7. The Morgan fingerprint density at radius 3 is 2.84 bits per heavy atom. The minimum atomic E-state index is -0.371. The van der Waals surface area contributed by atoms with Gasteiger partial charge in [-0.1, -0.05) is 24.5 Å². The zero-order valence-electron chi connectivity index (χ0n) is 18.0. The Hall–Kier alpha value is -3.07. The molecule has 1 saturated carbocycles. The van der Waals surface area contributed by atoms with Gasteiger partial charge in [-0.25, -0.2) is 4.68 Å². The molecule has 0 aliphatic heterocycles. The van der Waals surface area contributed by atoms with E-state index >= 15 is 0 Å². The van der Waals surface area contributed by atoms with Gasteiger partial charge in [-0.05, 0) is 60.7 Å². The maximum absolute atomic E-state index is 12.8. The molecule has 0 atom stereocenters. The van der Waals surface area contributed by atoms with Gasteiger partial charge in [0.15, 0.2) is 5.82 Å². The number of benzene rings is 1. The van der Waals surface area contributed by atoms with Gasteiger partial charge in [-0.15, -0.1) is 5.10 Å². The zero-order valence-corrected chi connectivity index (χ0v) is 18.0. The van der Waals surface area contributed by atoms with Crippen molar-refractivity contribution in [2.24, 2.45) is 0 Å². The third-order valence-electron chi connectivity index (χ3n) is 5.83. The second kappa shape index (κ2) is 9.38. The summed E-state index contributed by atoms with van der Waals surface area (Å²) in [5.74, 6) is 0.220. The standard InChI is InChI=1S/C22H28N6O3/c1-3-31-21(29)14-28-20(24-25-26-28)13-27(18-6-4-5-7-18)12-17-11-16-10-15(2)8-9-19(16)23-22(17)30/h8-11,18H,3-7,12-14H2,1-2H3,(H,23,30). The van der Waals surface area contributed by atoms with Crippen LogP contribution in [0.25, 0.3) is 10.9 Å². The minimum Gasteiger partial charge on any atom is -0.465 e. The number of aromatic amines is 1. The first kappa shape index (κ1) is 21.2. The Labute approximate surface area is 180 Å². The van der Waals surface area contributed by atoms with E-state index < -0.39 is 0 Å². The van der Waals surface area contributed by atoms with Gasteiger partial charge in [0.25, 0.3) is 5.56 Å². The van der Waals surface area contributed by atoms with E-state index in [0.29, 0.717) is 31.6 Å². The monoisotopic (exact) mass is 424 g/mol. The van der Waals surface area contributed by atoms with E-state index in [9.17, 15) is 9.59 Å². The zero-order chi connectivity index (χ0) is 21.8. The van der Waals surface area contributed by atoms with Crippen molar-refractivity contribution in [3.05, 3.63) is 51.6 Å². The number of hydrogen-bond donors (Lipinski definition) is 1. The van der Waals surface area contributed by atoms with Crippen molar-refractivity contribution < 1.29 is 9.53 Å². The molecule has 0 spiro atoms. The van der Waals surface area contributed by atoms with Crippen molar-refractivity contribution >= 4 is 16.9 Å². The number of ether oxygens (including phenoxy) is 1. The fourth-order valence-electron chi connectivity index (χ4n) is 4.26. The first-order valence-corrected chi connectivity index (χ1v) is 10.8. The number of H-pyrrole nitrogens is 1. The van der Waals surface area contributed by atoms with Crippen LogP contribution in [0.15, 0.2) is 29.1 Å². The summed E-state index contributed by atoms with van der Waals surface area (Å²) in [6.45, 7) is 5.05. The largest absolute Gasteiger partial charge is 0.465 e. The molecule has 31 heavy (non-hydrogen) atoms. The van der Waals surface area contributed by atoms with Crippen LogP contribution in [0, 0.1) is 6.92 Å². The predicted octanol–water partition coefficient (Wildman–Crippen LogP) is 2.33. The van der Waals surface area contributed by atoms with E-state index in [1.165, 1.54) is 17.5 Å². The van der Waals surface area contributed by atoms with E-state index in [1.54, 1.807) is 6.92 Å².